The fraction of sp³-hybridized carbons (Fsp3) is 0.462. The number of hydrogen-bond donors (Lipinski definition) is 1. The molecule has 6 rings (SSSR count). The largest absolute Gasteiger partial charge is 0.370 e. The quantitative estimate of drug-likeness (QED) is 0.614. The predicted molar refractivity (Wildman–Crippen MR) is 134 cm³/mol. The molecule has 0 spiro atoms. The molecule has 5 heterocycles. The van der Waals surface area contributed by atoms with E-state index in [0.717, 1.165) is 70.1 Å². The summed E-state index contributed by atoms with van der Waals surface area (Å²) < 4.78 is 6.37. The molecule has 9 nitrogen and oxygen atoms in total. The summed E-state index contributed by atoms with van der Waals surface area (Å²) in [5.41, 5.74) is 6.74. The summed E-state index contributed by atoms with van der Waals surface area (Å²) in [5, 5.41) is 12.9. The number of fused-ring (bicyclic) bond motifs is 2. The highest BCUT2D eigenvalue weighted by Gasteiger charge is 2.31. The van der Waals surface area contributed by atoms with Crippen LogP contribution in [-0.4, -0.2) is 77.9 Å². The van der Waals surface area contributed by atoms with E-state index in [9.17, 15) is 5.26 Å². The van der Waals surface area contributed by atoms with Crippen LogP contribution in [0.25, 0.3) is 11.0 Å². The Bertz CT molecular complexity index is 1270. The molecular formula is C26H30N8O. The number of nitrogens with one attached hydrogen (secondary N) is 1. The summed E-state index contributed by atoms with van der Waals surface area (Å²) in [4.78, 5) is 21.0. The molecule has 1 N–H and O–H groups in total. The molecule has 0 unspecified atom stereocenters. The van der Waals surface area contributed by atoms with Crippen molar-refractivity contribution in [3.05, 3.63) is 53.6 Å². The molecule has 2 saturated heterocycles. The maximum atomic E-state index is 9.48. The average molecular weight is 471 g/mol. The van der Waals surface area contributed by atoms with Gasteiger partial charge in [-0.05, 0) is 30.7 Å². The Morgan fingerprint density at radius 2 is 1.89 bits per heavy atom. The molecule has 2 atom stereocenters. The second kappa shape index (κ2) is 9.38. The second-order valence-corrected chi connectivity index (χ2v) is 9.68. The molecule has 35 heavy (non-hydrogen) atoms. The molecule has 0 saturated carbocycles. The molecule has 180 valence electrons. The highest BCUT2D eigenvalue weighted by atomic mass is 16.5. The molecule has 0 bridgehead atoms. The molecule has 0 aliphatic carbocycles. The van der Waals surface area contributed by atoms with Gasteiger partial charge in [0, 0.05) is 71.3 Å². The second-order valence-electron chi connectivity index (χ2n) is 9.68. The summed E-state index contributed by atoms with van der Waals surface area (Å²) in [6, 6.07) is 8.41. The lowest BCUT2D eigenvalue weighted by Crippen LogP contribution is -2.50. The summed E-state index contributed by atoms with van der Waals surface area (Å²) in [6.07, 6.45) is 5.54. The van der Waals surface area contributed by atoms with Crippen molar-refractivity contribution in [3.63, 3.8) is 0 Å². The monoisotopic (exact) mass is 470 g/mol. The van der Waals surface area contributed by atoms with Crippen LogP contribution in [0.1, 0.15) is 23.7 Å². The van der Waals surface area contributed by atoms with Crippen molar-refractivity contribution in [2.75, 3.05) is 55.6 Å². The van der Waals surface area contributed by atoms with Gasteiger partial charge in [0.2, 0.25) is 0 Å². The number of anilines is 2. The molecule has 3 aliphatic heterocycles. The van der Waals surface area contributed by atoms with Crippen LogP contribution in [0.2, 0.25) is 0 Å². The first-order valence-electron chi connectivity index (χ1n) is 12.4. The van der Waals surface area contributed by atoms with E-state index in [4.69, 9.17) is 9.72 Å². The lowest BCUT2D eigenvalue weighted by Gasteiger charge is -2.39. The smallest absolute Gasteiger partial charge is 0.113 e. The Morgan fingerprint density at radius 1 is 1.06 bits per heavy atom. The minimum atomic E-state index is 0.0723. The number of hydrogen-bond acceptors (Lipinski definition) is 9. The first-order chi connectivity index (χ1) is 17.2. The topological polar surface area (TPSA) is 93.4 Å². The van der Waals surface area contributed by atoms with Crippen LogP contribution in [0, 0.1) is 11.3 Å². The van der Waals surface area contributed by atoms with Gasteiger partial charge in [0.15, 0.2) is 0 Å². The third kappa shape index (κ3) is 4.41. The van der Waals surface area contributed by atoms with Gasteiger partial charge < -0.3 is 19.9 Å². The van der Waals surface area contributed by atoms with Crippen molar-refractivity contribution in [2.24, 2.45) is 0 Å². The third-order valence-electron chi connectivity index (χ3n) is 7.15. The van der Waals surface area contributed by atoms with Crippen molar-refractivity contribution in [1.82, 2.24) is 25.2 Å². The van der Waals surface area contributed by atoms with Crippen molar-refractivity contribution in [1.29, 1.82) is 5.26 Å². The Labute approximate surface area is 205 Å². The maximum Gasteiger partial charge on any atom is 0.113 e. The molecule has 0 radical (unpaired) electrons. The van der Waals surface area contributed by atoms with Gasteiger partial charge in [-0.1, -0.05) is 0 Å². The van der Waals surface area contributed by atoms with Gasteiger partial charge in [-0.25, -0.2) is 0 Å². The molecule has 2 fully saturated rings. The lowest BCUT2D eigenvalue weighted by atomic mass is 10.1. The summed E-state index contributed by atoms with van der Waals surface area (Å²) in [6.45, 7) is 10.4. The number of benzene rings is 1. The Morgan fingerprint density at radius 3 is 2.71 bits per heavy atom. The standard InChI is InChI=1S/C26H30N8O/c1-18-13-34(24-3-2-19(11-27)25-26(24)30-5-4-29-25)16-22(35-18)15-32-14-20-10-21(12-31-23(20)17-32)33-8-6-28-7-9-33/h2-5,10,12,18,22,28H,6-9,13-17H2,1H3/t18-,22+/m1/s1. The third-order valence-corrected chi connectivity index (χ3v) is 7.15. The zero-order valence-corrected chi connectivity index (χ0v) is 20.0. The van der Waals surface area contributed by atoms with Crippen molar-refractivity contribution < 1.29 is 4.74 Å². The molecule has 9 heteroatoms. The fourth-order valence-electron chi connectivity index (χ4n) is 5.56. The minimum absolute atomic E-state index is 0.0723. The molecule has 3 aliphatic rings. The number of aromatic nitrogens is 3. The summed E-state index contributed by atoms with van der Waals surface area (Å²) >= 11 is 0. The van der Waals surface area contributed by atoms with Crippen LogP contribution >= 0.6 is 0 Å². The number of morpholine rings is 1. The number of nitriles is 1. The number of rotatable bonds is 4. The van der Waals surface area contributed by atoms with Crippen molar-refractivity contribution >= 4 is 22.4 Å². The first kappa shape index (κ1) is 22.2. The van der Waals surface area contributed by atoms with Gasteiger partial charge in [0.1, 0.15) is 17.1 Å². The number of pyridine rings is 1. The van der Waals surface area contributed by atoms with Gasteiger partial charge in [-0.3, -0.25) is 19.9 Å². The molecule has 3 aromatic rings. The van der Waals surface area contributed by atoms with Gasteiger partial charge in [0.05, 0.1) is 41.0 Å². The zero-order valence-electron chi connectivity index (χ0n) is 20.0. The molecule has 0 amide bonds. The number of nitrogens with zero attached hydrogens (tertiary/aromatic N) is 7. The molecule has 2 aromatic heterocycles. The van der Waals surface area contributed by atoms with Gasteiger partial charge in [-0.15, -0.1) is 0 Å². The van der Waals surface area contributed by atoms with E-state index in [1.807, 2.05) is 18.3 Å². The highest BCUT2D eigenvalue weighted by molar-refractivity contribution is 5.92. The minimum Gasteiger partial charge on any atom is -0.370 e. The summed E-state index contributed by atoms with van der Waals surface area (Å²) in [5.74, 6) is 0. The van der Waals surface area contributed by atoms with E-state index in [0.29, 0.717) is 11.1 Å². The van der Waals surface area contributed by atoms with Crippen LogP contribution in [0.3, 0.4) is 0 Å². The van der Waals surface area contributed by atoms with Crippen molar-refractivity contribution in [3.8, 4) is 6.07 Å². The van der Waals surface area contributed by atoms with E-state index in [2.05, 4.69) is 49.0 Å². The van der Waals surface area contributed by atoms with Crippen molar-refractivity contribution in [2.45, 2.75) is 32.2 Å². The Balaban J connectivity index is 1.17. The number of ether oxygens (including phenoxy) is 1. The van der Waals surface area contributed by atoms with E-state index in [1.165, 1.54) is 16.9 Å². The van der Waals surface area contributed by atoms with Gasteiger partial charge in [-0.2, -0.15) is 5.26 Å². The SMILES string of the molecule is C[C@@H]1CN(c2ccc(C#N)c3nccnc23)C[C@H](CN2Cc3cc(N4CCNCC4)cnc3C2)O1. The highest BCUT2D eigenvalue weighted by Crippen LogP contribution is 2.30. The zero-order chi connectivity index (χ0) is 23.8. The van der Waals surface area contributed by atoms with Crippen LogP contribution in [0.4, 0.5) is 11.4 Å². The van der Waals surface area contributed by atoms with Crippen LogP contribution < -0.4 is 15.1 Å². The van der Waals surface area contributed by atoms with E-state index in [-0.39, 0.29) is 12.2 Å². The average Bonchev–Trinajstić information content (AvgIpc) is 3.29. The fourth-order valence-corrected chi connectivity index (χ4v) is 5.56. The molecular weight excluding hydrogens is 440 g/mol. The lowest BCUT2D eigenvalue weighted by molar-refractivity contribution is -0.0329. The van der Waals surface area contributed by atoms with E-state index < -0.39 is 0 Å². The first-order valence-corrected chi connectivity index (χ1v) is 12.4. The molecule has 1 aromatic carbocycles. The van der Waals surface area contributed by atoms with Crippen LogP contribution in [-0.2, 0) is 17.8 Å². The van der Waals surface area contributed by atoms with E-state index in [1.54, 1.807) is 12.4 Å². The predicted octanol–water partition coefficient (Wildman–Crippen LogP) is 1.92. The van der Waals surface area contributed by atoms with Crippen LogP contribution in [0.15, 0.2) is 36.8 Å². The number of piperazine rings is 1. The summed E-state index contributed by atoms with van der Waals surface area (Å²) in [7, 11) is 0. The van der Waals surface area contributed by atoms with Gasteiger partial charge in [0.25, 0.3) is 0 Å². The Kier molecular flexibility index (Phi) is 5.94. The van der Waals surface area contributed by atoms with Gasteiger partial charge >= 0.3 is 0 Å². The van der Waals surface area contributed by atoms with E-state index >= 15 is 0 Å². The normalized spacial score (nSPS) is 22.9. The maximum absolute atomic E-state index is 9.48. The van der Waals surface area contributed by atoms with Crippen LogP contribution in [0.5, 0.6) is 0 Å². The Hall–Kier alpha value is -3.32.